The number of carbonyl (C=O) groups is 4. The number of aromatic carboxylic acids is 1. The van der Waals surface area contributed by atoms with E-state index in [0.29, 0.717) is 32.4 Å². The van der Waals surface area contributed by atoms with Crippen LogP contribution in [0.1, 0.15) is 145 Å². The number of hydrogen-bond donors (Lipinski definition) is 7. The fourth-order valence-corrected chi connectivity index (χ4v) is 12.0. The Hall–Kier alpha value is -4.52. The van der Waals surface area contributed by atoms with E-state index in [1.807, 2.05) is 69.6 Å². The second kappa shape index (κ2) is 32.5. The summed E-state index contributed by atoms with van der Waals surface area (Å²) in [5, 5.41) is 49.5. The molecular formula is C59H100FN5O16. The Bertz CT molecular complexity index is 2370. The Morgan fingerprint density at radius 3 is 2.16 bits per heavy atom. The summed E-state index contributed by atoms with van der Waals surface area (Å²) in [4.78, 5) is 67.8. The zero-order valence-corrected chi connectivity index (χ0v) is 51.3. The van der Waals surface area contributed by atoms with E-state index in [2.05, 4.69) is 27.8 Å². The third-order valence-electron chi connectivity index (χ3n) is 16.1. The molecule has 1 saturated carbocycles. The Kier molecular flexibility index (Phi) is 28.4. The van der Waals surface area contributed by atoms with Crippen molar-refractivity contribution in [3.05, 3.63) is 39.9 Å². The second-order valence-electron chi connectivity index (χ2n) is 22.7. The highest BCUT2D eigenvalue weighted by molar-refractivity contribution is 5.98. The average Bonchev–Trinajstić information content (AvgIpc) is 3.79. The summed E-state index contributed by atoms with van der Waals surface area (Å²) in [7, 11) is 6.67. The number of halogens is 1. The lowest BCUT2D eigenvalue weighted by Gasteiger charge is -2.46. The van der Waals surface area contributed by atoms with E-state index in [4.69, 9.17) is 38.3 Å². The number of nitrogens with one attached hydrogen (secondary N) is 3. The number of benzene rings is 1. The SMILES string of the molecule is CC.CC[C@H]1OC(=O)C(C)[C@@H](O[C@H]2CC(C)[C@@H](OC(=O)CCNCCNc3ccc(F)c4c3c(=O)c(C(=O)O)cn4CC)C(C)O2)[C@H](C)[C@@H](O[C@@H]2C[C@H](C)CCC2O)C(C)(O)C[C@@H](C)CN(C)[C@H](C)C2OC(=O)O[C@@]21C.CNC.CO. The molecule has 22 heteroatoms. The van der Waals surface area contributed by atoms with E-state index in [1.54, 1.807) is 34.6 Å². The first-order chi connectivity index (χ1) is 38.2. The number of aryl methyl sites for hydroxylation is 1. The van der Waals surface area contributed by atoms with Gasteiger partial charge in [-0.1, -0.05) is 48.5 Å². The molecule has 4 heterocycles. The summed E-state index contributed by atoms with van der Waals surface area (Å²) in [6.45, 7) is 26.0. The highest BCUT2D eigenvalue weighted by Gasteiger charge is 2.58. The van der Waals surface area contributed by atoms with Gasteiger partial charge in [-0.15, -0.1) is 0 Å². The van der Waals surface area contributed by atoms with Gasteiger partial charge >= 0.3 is 24.1 Å². The molecule has 1 aromatic carbocycles. The summed E-state index contributed by atoms with van der Waals surface area (Å²) >= 11 is 0. The molecule has 81 heavy (non-hydrogen) atoms. The lowest BCUT2D eigenvalue weighted by atomic mass is 9.77. The van der Waals surface area contributed by atoms with Gasteiger partial charge in [0, 0.05) is 76.0 Å². The zero-order chi connectivity index (χ0) is 61.3. The molecule has 6 unspecified atom stereocenters. The molecule has 17 atom stereocenters. The fraction of sp³-hybridized carbons (Fsp3) is 0.780. The van der Waals surface area contributed by atoms with E-state index < -0.39 is 119 Å². The van der Waals surface area contributed by atoms with Gasteiger partial charge in [0.25, 0.3) is 0 Å². The zero-order valence-electron chi connectivity index (χ0n) is 51.3. The van der Waals surface area contributed by atoms with E-state index in [-0.39, 0.29) is 79.3 Å². The molecule has 6 rings (SSSR count). The van der Waals surface area contributed by atoms with Crippen LogP contribution in [0.5, 0.6) is 0 Å². The van der Waals surface area contributed by atoms with Crippen LogP contribution in [0.2, 0.25) is 0 Å². The van der Waals surface area contributed by atoms with Crippen LogP contribution >= 0.6 is 0 Å². The van der Waals surface area contributed by atoms with Crippen LogP contribution in [0.3, 0.4) is 0 Å². The van der Waals surface area contributed by atoms with Gasteiger partial charge in [-0.3, -0.25) is 19.3 Å². The minimum atomic E-state index is -1.50. The molecule has 4 fully saturated rings. The summed E-state index contributed by atoms with van der Waals surface area (Å²) in [5.41, 5.74) is -3.79. The number of aliphatic hydroxyl groups excluding tert-OH is 2. The van der Waals surface area contributed by atoms with E-state index in [9.17, 15) is 43.7 Å². The van der Waals surface area contributed by atoms with Gasteiger partial charge in [0.15, 0.2) is 18.0 Å². The molecule has 464 valence electrons. The molecule has 3 aliphatic heterocycles. The number of ether oxygens (including phenoxy) is 7. The van der Waals surface area contributed by atoms with E-state index >= 15 is 0 Å². The van der Waals surface area contributed by atoms with E-state index in [1.165, 1.54) is 16.7 Å². The van der Waals surface area contributed by atoms with Gasteiger partial charge in [0.1, 0.15) is 23.6 Å². The number of rotatable bonds is 15. The lowest BCUT2D eigenvalue weighted by Crippen LogP contribution is -2.57. The summed E-state index contributed by atoms with van der Waals surface area (Å²) in [6.07, 6.45) is -3.96. The number of carbonyl (C=O) groups excluding carboxylic acids is 3. The number of pyridine rings is 1. The molecule has 1 aromatic heterocycles. The minimum Gasteiger partial charge on any atom is -0.477 e. The molecule has 0 amide bonds. The van der Waals surface area contributed by atoms with Crippen molar-refractivity contribution in [1.29, 1.82) is 0 Å². The number of esters is 2. The van der Waals surface area contributed by atoms with Crippen LogP contribution in [0.15, 0.2) is 23.1 Å². The number of carboxylic acid groups (broad SMARTS) is 1. The Balaban J connectivity index is 0.00000235. The standard InChI is InChI=1S/C54H83FN4O15.C2H7N.C2H6.CH4O/c1-13-40-54(11)49(73-52(66)74-54)33(8)58(12)26-29(4)25-53(10,67)48(69-39-23-28(3)15-18-38(39)60)31(6)47(32(7)51(65)70-40)72-42-24-30(5)46(34(9)68-42)71-41(61)19-20-56-21-22-57-37-17-16-36(55)44-43(37)45(62)35(50(63)64)27-59(44)14-2;1-3-2;2*1-2/h16-17,27-34,38-40,42,46-49,56-57,60,67H,13-15,18-26H2,1-12H3,(H,63,64);3H,1-2H3;1-2H3;2H,1H3/t28-,29-,30?,31+,32?,33-,34?,38?,39-,40-,42+,46-,47+,48-,49?,53?,54-;;;/m1.../s1. The predicted octanol–water partition coefficient (Wildman–Crippen LogP) is 6.72. The van der Waals surface area contributed by atoms with Crippen LogP contribution in [0, 0.1) is 35.4 Å². The summed E-state index contributed by atoms with van der Waals surface area (Å²) in [6, 6.07) is 2.25. The molecule has 0 bridgehead atoms. The van der Waals surface area contributed by atoms with Crippen LogP contribution in [-0.4, -0.2) is 181 Å². The van der Waals surface area contributed by atoms with Crippen LogP contribution in [-0.2, 0) is 49.3 Å². The molecule has 4 aliphatic rings. The Morgan fingerprint density at radius 2 is 1.56 bits per heavy atom. The number of fused-ring (bicyclic) bond motifs is 2. The van der Waals surface area contributed by atoms with Gasteiger partial charge < -0.3 is 74.1 Å². The highest BCUT2D eigenvalue weighted by atomic mass is 19.1. The molecule has 7 N–H and O–H groups in total. The van der Waals surface area contributed by atoms with Crippen molar-refractivity contribution in [1.82, 2.24) is 20.1 Å². The smallest absolute Gasteiger partial charge is 0.477 e. The number of hydrogen-bond acceptors (Lipinski definition) is 19. The first-order valence-corrected chi connectivity index (χ1v) is 29.2. The van der Waals surface area contributed by atoms with Gasteiger partial charge in [-0.05, 0) is 119 Å². The molecule has 0 spiro atoms. The van der Waals surface area contributed by atoms with Crippen molar-refractivity contribution in [3.8, 4) is 0 Å². The number of cyclic esters (lactones) is 1. The Morgan fingerprint density at radius 1 is 0.901 bits per heavy atom. The maximum Gasteiger partial charge on any atom is 0.509 e. The highest BCUT2D eigenvalue weighted by Crippen LogP contribution is 2.42. The van der Waals surface area contributed by atoms with Crippen LogP contribution < -0.4 is 21.4 Å². The van der Waals surface area contributed by atoms with E-state index in [0.717, 1.165) is 19.7 Å². The monoisotopic (exact) mass is 1150 g/mol. The average molecular weight is 1150 g/mol. The van der Waals surface area contributed by atoms with Crippen molar-refractivity contribution < 1.29 is 77.2 Å². The first kappa shape index (κ1) is 70.7. The van der Waals surface area contributed by atoms with Gasteiger partial charge in [-0.25, -0.2) is 14.0 Å². The number of anilines is 1. The topological polar surface area (TPSA) is 275 Å². The fourth-order valence-electron chi connectivity index (χ4n) is 12.0. The largest absolute Gasteiger partial charge is 0.509 e. The molecule has 1 aliphatic carbocycles. The van der Waals surface area contributed by atoms with Crippen LogP contribution in [0.25, 0.3) is 10.9 Å². The first-order valence-electron chi connectivity index (χ1n) is 29.2. The number of aromatic nitrogens is 1. The molecular weight excluding hydrogens is 1050 g/mol. The van der Waals surface area contributed by atoms with Crippen molar-refractivity contribution in [3.63, 3.8) is 0 Å². The Labute approximate surface area is 479 Å². The van der Waals surface area contributed by atoms with Crippen molar-refractivity contribution in [2.75, 3.05) is 59.7 Å². The third kappa shape index (κ3) is 18.0. The van der Waals surface area contributed by atoms with Crippen molar-refractivity contribution >= 4 is 40.7 Å². The second-order valence-corrected chi connectivity index (χ2v) is 22.7. The third-order valence-corrected chi connectivity index (χ3v) is 16.1. The number of aliphatic hydroxyl groups is 3. The molecule has 21 nitrogen and oxygen atoms in total. The molecule has 2 aromatic rings. The molecule has 3 saturated heterocycles. The lowest BCUT2D eigenvalue weighted by molar-refractivity contribution is -0.276. The maximum absolute atomic E-state index is 14.9. The van der Waals surface area contributed by atoms with Gasteiger partial charge in [0.2, 0.25) is 5.43 Å². The number of carboxylic acids is 1. The number of likely N-dealkylation sites (N-methyl/N-ethyl adjacent to an activating group) is 1. The predicted molar refractivity (Wildman–Crippen MR) is 307 cm³/mol. The van der Waals surface area contributed by atoms with Crippen LogP contribution in [0.4, 0.5) is 14.9 Å². The maximum atomic E-state index is 14.9. The summed E-state index contributed by atoms with van der Waals surface area (Å²) < 4.78 is 60.6. The van der Waals surface area contributed by atoms with Crippen molar-refractivity contribution in [2.45, 2.75) is 214 Å². The minimum absolute atomic E-state index is 0.00720. The van der Waals surface area contributed by atoms with Gasteiger partial charge in [-0.2, -0.15) is 0 Å². The van der Waals surface area contributed by atoms with Gasteiger partial charge in [0.05, 0.1) is 59.4 Å². The quantitative estimate of drug-likeness (QED) is 0.0554. The molecule has 0 radical (unpaired) electrons. The number of nitrogens with zero attached hydrogens (tertiary/aromatic N) is 2. The normalized spacial score (nSPS) is 33.9. The van der Waals surface area contributed by atoms with Crippen molar-refractivity contribution in [2.24, 2.45) is 29.6 Å². The summed E-state index contributed by atoms with van der Waals surface area (Å²) in [5.74, 6) is -4.91.